The van der Waals surface area contributed by atoms with Gasteiger partial charge in [-0.25, -0.2) is 14.8 Å². The maximum atomic E-state index is 11.8. The van der Waals surface area contributed by atoms with Gasteiger partial charge in [-0.3, -0.25) is 0 Å². The minimum absolute atomic E-state index is 0.147. The fraction of sp³-hybridized carbons (Fsp3) is 0.318. The molecule has 0 saturated heterocycles. The summed E-state index contributed by atoms with van der Waals surface area (Å²) >= 11 is 1.51. The second-order valence-corrected chi connectivity index (χ2v) is 8.44. The van der Waals surface area contributed by atoms with Gasteiger partial charge in [0.2, 0.25) is 0 Å². The standard InChI is InChI=1S/C22H25N3O4S/c1-15-14-30-21(24-15)25-20-18(9-6-10-23-20)28-12-16-7-5-8-17(11-16)27-13-19(26)29-22(2,3)4/h5-11,14H,12-13H2,1-4H3,(H,23,24,25). The zero-order chi connectivity index (χ0) is 21.6. The van der Waals surface area contributed by atoms with Crippen molar-refractivity contribution in [2.45, 2.75) is 39.9 Å². The number of aromatic nitrogens is 2. The zero-order valence-electron chi connectivity index (χ0n) is 17.5. The van der Waals surface area contributed by atoms with Gasteiger partial charge in [0.05, 0.1) is 5.69 Å². The lowest BCUT2D eigenvalue weighted by molar-refractivity contribution is -0.157. The van der Waals surface area contributed by atoms with E-state index in [0.29, 0.717) is 23.9 Å². The van der Waals surface area contributed by atoms with Gasteiger partial charge in [-0.2, -0.15) is 0 Å². The lowest BCUT2D eigenvalue weighted by Crippen LogP contribution is -2.27. The lowest BCUT2D eigenvalue weighted by atomic mass is 10.2. The van der Waals surface area contributed by atoms with E-state index >= 15 is 0 Å². The minimum atomic E-state index is -0.539. The molecule has 0 fully saturated rings. The highest BCUT2D eigenvalue weighted by atomic mass is 32.1. The van der Waals surface area contributed by atoms with E-state index in [9.17, 15) is 4.79 Å². The number of thiazole rings is 1. The van der Waals surface area contributed by atoms with Gasteiger partial charge in [-0.15, -0.1) is 11.3 Å². The van der Waals surface area contributed by atoms with E-state index in [0.717, 1.165) is 16.4 Å². The maximum absolute atomic E-state index is 11.8. The highest BCUT2D eigenvalue weighted by Crippen LogP contribution is 2.27. The van der Waals surface area contributed by atoms with Crippen molar-refractivity contribution in [2.24, 2.45) is 0 Å². The van der Waals surface area contributed by atoms with E-state index in [1.807, 2.05) is 63.4 Å². The van der Waals surface area contributed by atoms with Gasteiger partial charge in [-0.1, -0.05) is 12.1 Å². The Kier molecular flexibility index (Phi) is 6.89. The van der Waals surface area contributed by atoms with Gasteiger partial charge in [-0.05, 0) is 57.5 Å². The molecule has 8 heteroatoms. The molecule has 3 aromatic rings. The minimum Gasteiger partial charge on any atom is -0.485 e. The molecule has 7 nitrogen and oxygen atoms in total. The molecule has 0 aliphatic carbocycles. The zero-order valence-corrected chi connectivity index (χ0v) is 18.3. The molecular formula is C22H25N3O4S. The quantitative estimate of drug-likeness (QED) is 0.513. The van der Waals surface area contributed by atoms with Crippen molar-refractivity contribution in [1.29, 1.82) is 0 Å². The molecule has 0 atom stereocenters. The highest BCUT2D eigenvalue weighted by molar-refractivity contribution is 7.13. The van der Waals surface area contributed by atoms with Crippen LogP contribution in [0.25, 0.3) is 0 Å². The summed E-state index contributed by atoms with van der Waals surface area (Å²) in [4.78, 5) is 20.6. The van der Waals surface area contributed by atoms with Crippen LogP contribution in [0.3, 0.4) is 0 Å². The number of ether oxygens (including phenoxy) is 3. The molecule has 0 bridgehead atoms. The molecule has 158 valence electrons. The Morgan fingerprint density at radius 2 is 2.00 bits per heavy atom. The Hall–Kier alpha value is -3.13. The van der Waals surface area contributed by atoms with Gasteiger partial charge < -0.3 is 19.5 Å². The first-order chi connectivity index (χ1) is 14.3. The third-order valence-corrected chi connectivity index (χ3v) is 4.56. The van der Waals surface area contributed by atoms with Crippen molar-refractivity contribution < 1.29 is 19.0 Å². The highest BCUT2D eigenvalue weighted by Gasteiger charge is 2.16. The summed E-state index contributed by atoms with van der Waals surface area (Å²) in [7, 11) is 0. The molecule has 30 heavy (non-hydrogen) atoms. The molecule has 0 spiro atoms. The molecule has 2 aromatic heterocycles. The van der Waals surface area contributed by atoms with Crippen LogP contribution in [0.4, 0.5) is 10.9 Å². The maximum Gasteiger partial charge on any atom is 0.344 e. The van der Waals surface area contributed by atoms with E-state index in [-0.39, 0.29) is 6.61 Å². The van der Waals surface area contributed by atoms with Crippen molar-refractivity contribution in [3.63, 3.8) is 0 Å². The average molecular weight is 428 g/mol. The lowest BCUT2D eigenvalue weighted by Gasteiger charge is -2.19. The first kappa shape index (κ1) is 21.6. The number of nitrogens with one attached hydrogen (secondary N) is 1. The Bertz CT molecular complexity index is 998. The number of hydrogen-bond acceptors (Lipinski definition) is 8. The van der Waals surface area contributed by atoms with Crippen LogP contribution in [0.1, 0.15) is 32.0 Å². The van der Waals surface area contributed by atoms with E-state index in [2.05, 4.69) is 15.3 Å². The fourth-order valence-electron chi connectivity index (χ4n) is 2.51. The SMILES string of the molecule is Cc1csc(Nc2ncccc2OCc2cccc(OCC(=O)OC(C)(C)C)c2)n1. The van der Waals surface area contributed by atoms with Gasteiger partial charge in [0, 0.05) is 11.6 Å². The smallest absolute Gasteiger partial charge is 0.344 e. The summed E-state index contributed by atoms with van der Waals surface area (Å²) in [5, 5.41) is 5.91. The summed E-state index contributed by atoms with van der Waals surface area (Å²) in [5.41, 5.74) is 1.31. The number of carbonyl (C=O) groups excluding carboxylic acids is 1. The summed E-state index contributed by atoms with van der Waals surface area (Å²) < 4.78 is 16.8. The molecule has 0 aliphatic heterocycles. The number of hydrogen-bond donors (Lipinski definition) is 1. The monoisotopic (exact) mass is 427 g/mol. The molecule has 2 heterocycles. The summed E-state index contributed by atoms with van der Waals surface area (Å²) in [5.74, 6) is 1.38. The Morgan fingerprint density at radius 3 is 2.73 bits per heavy atom. The molecule has 1 aromatic carbocycles. The van der Waals surface area contributed by atoms with Gasteiger partial charge in [0.15, 0.2) is 23.3 Å². The number of aryl methyl sites for hydroxylation is 1. The Balaban J connectivity index is 1.59. The Labute approximate surface area is 180 Å². The van der Waals surface area contributed by atoms with Gasteiger partial charge >= 0.3 is 5.97 Å². The van der Waals surface area contributed by atoms with Crippen LogP contribution in [0.15, 0.2) is 48.0 Å². The predicted molar refractivity (Wildman–Crippen MR) is 116 cm³/mol. The number of carbonyl (C=O) groups is 1. The van der Waals surface area contributed by atoms with Gasteiger partial charge in [0.25, 0.3) is 0 Å². The second kappa shape index (κ2) is 9.58. The van der Waals surface area contributed by atoms with Crippen LogP contribution in [0, 0.1) is 6.92 Å². The van der Waals surface area contributed by atoms with Crippen molar-refractivity contribution >= 4 is 28.3 Å². The number of benzene rings is 1. The molecule has 3 rings (SSSR count). The largest absolute Gasteiger partial charge is 0.485 e. The van der Waals surface area contributed by atoms with E-state index in [1.54, 1.807) is 12.3 Å². The third kappa shape index (κ3) is 6.73. The average Bonchev–Trinajstić information content (AvgIpc) is 3.09. The number of esters is 1. The Morgan fingerprint density at radius 1 is 1.17 bits per heavy atom. The van der Waals surface area contributed by atoms with Crippen LogP contribution in [0.5, 0.6) is 11.5 Å². The molecule has 0 unspecified atom stereocenters. The first-order valence-electron chi connectivity index (χ1n) is 9.49. The van der Waals surface area contributed by atoms with Crippen molar-refractivity contribution in [3.8, 4) is 11.5 Å². The number of nitrogens with zero attached hydrogens (tertiary/aromatic N) is 2. The summed E-state index contributed by atoms with van der Waals surface area (Å²) in [6.07, 6.45) is 1.70. The number of pyridine rings is 1. The van der Waals surface area contributed by atoms with E-state index < -0.39 is 11.6 Å². The molecule has 0 radical (unpaired) electrons. The fourth-order valence-corrected chi connectivity index (χ4v) is 3.20. The van der Waals surface area contributed by atoms with Crippen LogP contribution in [-0.4, -0.2) is 28.1 Å². The summed E-state index contributed by atoms with van der Waals surface area (Å²) in [6, 6.07) is 11.1. The topological polar surface area (TPSA) is 82.6 Å². The molecule has 0 saturated carbocycles. The molecule has 1 N–H and O–H groups in total. The van der Waals surface area contributed by atoms with Gasteiger partial charge in [0.1, 0.15) is 18.0 Å². The molecule has 0 aliphatic rings. The predicted octanol–water partition coefficient (Wildman–Crippen LogP) is 4.89. The number of anilines is 2. The third-order valence-electron chi connectivity index (χ3n) is 3.68. The van der Waals surface area contributed by atoms with E-state index in [1.165, 1.54) is 11.3 Å². The van der Waals surface area contributed by atoms with E-state index in [4.69, 9.17) is 14.2 Å². The van der Waals surface area contributed by atoms with Crippen LogP contribution < -0.4 is 14.8 Å². The molecule has 0 amide bonds. The van der Waals surface area contributed by atoms with Crippen LogP contribution in [0.2, 0.25) is 0 Å². The van der Waals surface area contributed by atoms with Crippen molar-refractivity contribution in [1.82, 2.24) is 9.97 Å². The molecular weight excluding hydrogens is 402 g/mol. The van der Waals surface area contributed by atoms with Crippen LogP contribution in [-0.2, 0) is 16.1 Å². The van der Waals surface area contributed by atoms with Crippen LogP contribution >= 0.6 is 11.3 Å². The first-order valence-corrected chi connectivity index (χ1v) is 10.4. The van der Waals surface area contributed by atoms with Crippen molar-refractivity contribution in [3.05, 3.63) is 59.2 Å². The second-order valence-electron chi connectivity index (χ2n) is 7.58. The van der Waals surface area contributed by atoms with Crippen molar-refractivity contribution in [2.75, 3.05) is 11.9 Å². The normalized spacial score (nSPS) is 11.1. The number of rotatable bonds is 8. The summed E-state index contributed by atoms with van der Waals surface area (Å²) in [6.45, 7) is 7.57.